The van der Waals surface area contributed by atoms with Gasteiger partial charge in [0.15, 0.2) is 0 Å². The van der Waals surface area contributed by atoms with Gasteiger partial charge in [-0.15, -0.1) is 0 Å². The van der Waals surface area contributed by atoms with Crippen LogP contribution in [0.2, 0.25) is 5.02 Å². The van der Waals surface area contributed by atoms with E-state index in [9.17, 15) is 5.11 Å². The van der Waals surface area contributed by atoms with Crippen LogP contribution in [0.15, 0.2) is 24.3 Å². The van der Waals surface area contributed by atoms with Crippen LogP contribution in [0, 0.1) is 11.3 Å². The highest BCUT2D eigenvalue weighted by atomic mass is 35.5. The van der Waals surface area contributed by atoms with Crippen LogP contribution in [-0.4, -0.2) is 17.8 Å². The number of hydrogen-bond donors (Lipinski definition) is 1. The lowest BCUT2D eigenvalue weighted by Crippen LogP contribution is -2.14. The van der Waals surface area contributed by atoms with E-state index < -0.39 is 6.10 Å². The monoisotopic (exact) mass is 225 g/mol. The average molecular weight is 226 g/mol. The predicted molar refractivity (Wildman–Crippen MR) is 57.3 cm³/mol. The summed E-state index contributed by atoms with van der Waals surface area (Å²) in [6.45, 7) is 0.593. The largest absolute Gasteiger partial charge is 0.390 e. The van der Waals surface area contributed by atoms with Gasteiger partial charge in [0.2, 0.25) is 0 Å². The summed E-state index contributed by atoms with van der Waals surface area (Å²) in [5.41, 5.74) is 0.989. The number of ether oxygens (including phenoxy) is 1. The zero-order valence-corrected chi connectivity index (χ0v) is 8.94. The topological polar surface area (TPSA) is 53.2 Å². The Hall–Kier alpha value is -1.08. The van der Waals surface area contributed by atoms with E-state index in [-0.39, 0.29) is 13.0 Å². The molecule has 0 heterocycles. The third kappa shape index (κ3) is 4.80. The number of benzene rings is 1. The smallest absolute Gasteiger partial charge is 0.0903 e. The number of nitriles is 1. The molecule has 0 fully saturated rings. The Bertz CT molecular complexity index is 331. The van der Waals surface area contributed by atoms with E-state index in [1.165, 1.54) is 0 Å². The summed E-state index contributed by atoms with van der Waals surface area (Å²) >= 11 is 5.72. The van der Waals surface area contributed by atoms with Crippen LogP contribution in [-0.2, 0) is 11.3 Å². The number of halogens is 1. The van der Waals surface area contributed by atoms with Crippen molar-refractivity contribution in [3.05, 3.63) is 34.9 Å². The summed E-state index contributed by atoms with van der Waals surface area (Å²) in [7, 11) is 0. The second-order valence-corrected chi connectivity index (χ2v) is 3.59. The van der Waals surface area contributed by atoms with Gasteiger partial charge in [0.25, 0.3) is 0 Å². The summed E-state index contributed by atoms with van der Waals surface area (Å²) in [6.07, 6.45) is -0.608. The van der Waals surface area contributed by atoms with Crippen LogP contribution < -0.4 is 0 Å². The normalized spacial score (nSPS) is 12.1. The van der Waals surface area contributed by atoms with Gasteiger partial charge < -0.3 is 9.84 Å². The lowest BCUT2D eigenvalue weighted by Gasteiger charge is -2.07. The molecule has 0 aliphatic rings. The number of hydrogen-bond acceptors (Lipinski definition) is 3. The van der Waals surface area contributed by atoms with Crippen LogP contribution >= 0.6 is 11.6 Å². The number of nitrogens with zero attached hydrogens (tertiary/aromatic N) is 1. The van der Waals surface area contributed by atoms with E-state index in [0.29, 0.717) is 11.6 Å². The molecule has 0 radical (unpaired) electrons. The SMILES string of the molecule is N#CC[C@H](O)COCc1ccc(Cl)cc1. The zero-order chi connectivity index (χ0) is 11.1. The maximum Gasteiger partial charge on any atom is 0.0903 e. The average Bonchev–Trinajstić information content (AvgIpc) is 2.21. The van der Waals surface area contributed by atoms with Crippen LogP contribution in [0.1, 0.15) is 12.0 Å². The van der Waals surface area contributed by atoms with Crippen molar-refractivity contribution >= 4 is 11.6 Å². The molecule has 4 heteroatoms. The molecule has 1 atom stereocenters. The molecule has 80 valence electrons. The molecule has 1 rings (SSSR count). The van der Waals surface area contributed by atoms with E-state index in [1.54, 1.807) is 12.1 Å². The minimum absolute atomic E-state index is 0.0978. The zero-order valence-electron chi connectivity index (χ0n) is 8.19. The molecule has 0 aliphatic heterocycles. The molecule has 0 spiro atoms. The minimum Gasteiger partial charge on any atom is -0.390 e. The molecule has 1 aromatic rings. The Balaban J connectivity index is 2.26. The first-order valence-corrected chi connectivity index (χ1v) is 4.97. The quantitative estimate of drug-likeness (QED) is 0.835. The maximum atomic E-state index is 9.20. The van der Waals surface area contributed by atoms with Gasteiger partial charge in [-0.25, -0.2) is 0 Å². The molecular weight excluding hydrogens is 214 g/mol. The van der Waals surface area contributed by atoms with E-state index in [0.717, 1.165) is 5.56 Å². The van der Waals surface area contributed by atoms with Gasteiger partial charge in [0, 0.05) is 5.02 Å². The Labute approximate surface area is 93.9 Å². The van der Waals surface area contributed by atoms with Gasteiger partial charge in [-0.05, 0) is 17.7 Å². The van der Waals surface area contributed by atoms with Gasteiger partial charge >= 0.3 is 0 Å². The fraction of sp³-hybridized carbons (Fsp3) is 0.364. The van der Waals surface area contributed by atoms with Crippen molar-refractivity contribution in [1.82, 2.24) is 0 Å². The summed E-state index contributed by atoms with van der Waals surface area (Å²) in [5, 5.41) is 18.2. The Morgan fingerprint density at radius 1 is 1.40 bits per heavy atom. The van der Waals surface area contributed by atoms with Crippen LogP contribution in [0.4, 0.5) is 0 Å². The highest BCUT2D eigenvalue weighted by Gasteiger charge is 2.02. The van der Waals surface area contributed by atoms with E-state index >= 15 is 0 Å². The van der Waals surface area contributed by atoms with Crippen molar-refractivity contribution in [2.45, 2.75) is 19.1 Å². The van der Waals surface area contributed by atoms with E-state index in [4.69, 9.17) is 21.6 Å². The van der Waals surface area contributed by atoms with Crippen molar-refractivity contribution in [3.8, 4) is 6.07 Å². The Morgan fingerprint density at radius 3 is 2.67 bits per heavy atom. The van der Waals surface area contributed by atoms with Crippen molar-refractivity contribution in [1.29, 1.82) is 5.26 Å². The van der Waals surface area contributed by atoms with Crippen molar-refractivity contribution < 1.29 is 9.84 Å². The minimum atomic E-state index is -0.706. The molecule has 0 saturated carbocycles. The molecule has 3 nitrogen and oxygen atoms in total. The predicted octanol–water partition coefficient (Wildman–Crippen LogP) is 2.13. The summed E-state index contributed by atoms with van der Waals surface area (Å²) in [5.74, 6) is 0. The maximum absolute atomic E-state index is 9.20. The Kier molecular flexibility index (Phi) is 5.13. The molecule has 0 saturated heterocycles. The Morgan fingerprint density at radius 2 is 2.07 bits per heavy atom. The molecular formula is C11H12ClNO2. The molecule has 0 aromatic heterocycles. The van der Waals surface area contributed by atoms with E-state index in [1.807, 2.05) is 18.2 Å². The lowest BCUT2D eigenvalue weighted by atomic mass is 10.2. The molecule has 15 heavy (non-hydrogen) atoms. The first-order valence-electron chi connectivity index (χ1n) is 4.59. The standard InChI is InChI=1S/C11H12ClNO2/c12-10-3-1-9(2-4-10)7-15-8-11(14)5-6-13/h1-4,11,14H,5,7-8H2/t11-/m0/s1. The number of aliphatic hydroxyl groups excluding tert-OH is 1. The second-order valence-electron chi connectivity index (χ2n) is 3.16. The molecule has 0 amide bonds. The highest BCUT2D eigenvalue weighted by molar-refractivity contribution is 6.30. The summed E-state index contributed by atoms with van der Waals surface area (Å²) in [6, 6.07) is 9.16. The fourth-order valence-electron chi connectivity index (χ4n) is 1.06. The lowest BCUT2D eigenvalue weighted by molar-refractivity contribution is 0.0309. The van der Waals surface area contributed by atoms with E-state index in [2.05, 4.69) is 0 Å². The third-order valence-electron chi connectivity index (χ3n) is 1.82. The number of aliphatic hydroxyl groups is 1. The highest BCUT2D eigenvalue weighted by Crippen LogP contribution is 2.10. The molecule has 0 bridgehead atoms. The van der Waals surface area contributed by atoms with Gasteiger partial charge in [-0.2, -0.15) is 5.26 Å². The van der Waals surface area contributed by atoms with Crippen LogP contribution in [0.25, 0.3) is 0 Å². The second kappa shape index (κ2) is 6.41. The first-order chi connectivity index (χ1) is 7.22. The van der Waals surface area contributed by atoms with Crippen LogP contribution in [0.3, 0.4) is 0 Å². The third-order valence-corrected chi connectivity index (χ3v) is 2.07. The van der Waals surface area contributed by atoms with Crippen molar-refractivity contribution in [3.63, 3.8) is 0 Å². The fourth-order valence-corrected chi connectivity index (χ4v) is 1.18. The van der Waals surface area contributed by atoms with Crippen LogP contribution in [0.5, 0.6) is 0 Å². The van der Waals surface area contributed by atoms with Crippen molar-refractivity contribution in [2.24, 2.45) is 0 Å². The molecule has 0 unspecified atom stereocenters. The number of rotatable bonds is 5. The molecule has 1 aromatic carbocycles. The molecule has 1 N–H and O–H groups in total. The first kappa shape index (κ1) is 12.0. The summed E-state index contributed by atoms with van der Waals surface area (Å²) < 4.78 is 5.23. The molecule has 0 aliphatic carbocycles. The van der Waals surface area contributed by atoms with Gasteiger partial charge in [0.1, 0.15) is 0 Å². The van der Waals surface area contributed by atoms with Gasteiger partial charge in [-0.1, -0.05) is 23.7 Å². The summed E-state index contributed by atoms with van der Waals surface area (Å²) in [4.78, 5) is 0. The van der Waals surface area contributed by atoms with Gasteiger partial charge in [0.05, 0.1) is 31.8 Å². The van der Waals surface area contributed by atoms with Crippen molar-refractivity contribution in [2.75, 3.05) is 6.61 Å². The van der Waals surface area contributed by atoms with Gasteiger partial charge in [-0.3, -0.25) is 0 Å².